The molecule has 1 aromatic heterocycles. The first kappa shape index (κ1) is 17.0. The SMILES string of the molecule is C=CCN1C(=O)C(=Cc2ccc(-c3cc(Cl)ccc3C)o2)SC1=S. The molecule has 1 aromatic carbocycles. The Balaban J connectivity index is 1.89. The third kappa shape index (κ3) is 3.34. The van der Waals surface area contributed by atoms with E-state index in [0.29, 0.717) is 32.3 Å². The number of thiocarbonyl (C=S) groups is 1. The molecule has 2 heterocycles. The highest BCUT2D eigenvalue weighted by molar-refractivity contribution is 8.26. The van der Waals surface area contributed by atoms with Gasteiger partial charge in [0, 0.05) is 23.2 Å². The third-order valence-corrected chi connectivity index (χ3v) is 5.16. The van der Waals surface area contributed by atoms with Crippen LogP contribution in [0.15, 0.2) is 52.3 Å². The van der Waals surface area contributed by atoms with Gasteiger partial charge in [-0.3, -0.25) is 9.69 Å². The van der Waals surface area contributed by atoms with E-state index in [1.807, 2.05) is 37.3 Å². The number of carbonyl (C=O) groups is 1. The molecule has 0 bridgehead atoms. The molecule has 2 aromatic rings. The largest absolute Gasteiger partial charge is 0.457 e. The summed E-state index contributed by atoms with van der Waals surface area (Å²) in [7, 11) is 0. The molecule has 1 saturated heterocycles. The summed E-state index contributed by atoms with van der Waals surface area (Å²) in [5, 5.41) is 0.652. The molecular weight excluding hydrogens is 362 g/mol. The average molecular weight is 376 g/mol. The van der Waals surface area contributed by atoms with Crippen molar-refractivity contribution in [2.24, 2.45) is 0 Å². The van der Waals surface area contributed by atoms with E-state index in [4.69, 9.17) is 28.2 Å². The fraction of sp³-hybridized carbons (Fsp3) is 0.111. The number of carbonyl (C=O) groups excluding carboxylic acids is 1. The van der Waals surface area contributed by atoms with Crippen LogP contribution in [0.5, 0.6) is 0 Å². The highest BCUT2D eigenvalue weighted by atomic mass is 35.5. The standard InChI is InChI=1S/C18H14ClNO2S2/c1-3-8-20-17(21)16(24-18(20)23)10-13-6-7-15(22-13)14-9-12(19)5-4-11(14)2/h3-7,9-10H,1,8H2,2H3. The highest BCUT2D eigenvalue weighted by Gasteiger charge is 2.31. The minimum Gasteiger partial charge on any atom is -0.457 e. The zero-order valence-electron chi connectivity index (χ0n) is 12.9. The van der Waals surface area contributed by atoms with Crippen LogP contribution in [0.2, 0.25) is 5.02 Å². The van der Waals surface area contributed by atoms with E-state index in [1.165, 1.54) is 16.7 Å². The summed E-state index contributed by atoms with van der Waals surface area (Å²) in [4.78, 5) is 14.4. The third-order valence-electron chi connectivity index (χ3n) is 3.55. The fourth-order valence-electron chi connectivity index (χ4n) is 2.35. The molecule has 0 atom stereocenters. The van der Waals surface area contributed by atoms with Crippen molar-refractivity contribution in [3.8, 4) is 11.3 Å². The van der Waals surface area contributed by atoms with Crippen LogP contribution in [0.3, 0.4) is 0 Å². The first-order valence-electron chi connectivity index (χ1n) is 7.22. The minimum atomic E-state index is -0.123. The fourth-order valence-corrected chi connectivity index (χ4v) is 3.78. The number of aryl methyl sites for hydroxylation is 1. The lowest BCUT2D eigenvalue weighted by molar-refractivity contribution is -0.121. The monoisotopic (exact) mass is 375 g/mol. The molecule has 0 unspecified atom stereocenters. The zero-order valence-corrected chi connectivity index (χ0v) is 15.3. The van der Waals surface area contributed by atoms with Gasteiger partial charge in [-0.15, -0.1) is 6.58 Å². The molecule has 1 aliphatic heterocycles. The molecule has 122 valence electrons. The van der Waals surface area contributed by atoms with Crippen LogP contribution in [-0.4, -0.2) is 21.7 Å². The Labute approximate surface area is 155 Å². The first-order valence-corrected chi connectivity index (χ1v) is 8.82. The Morgan fingerprint density at radius 2 is 2.17 bits per heavy atom. The molecular formula is C18H14ClNO2S2. The predicted octanol–water partition coefficient (Wildman–Crippen LogP) is 5.30. The number of furan rings is 1. The number of thioether (sulfide) groups is 1. The van der Waals surface area contributed by atoms with Crippen molar-refractivity contribution in [2.75, 3.05) is 6.54 Å². The second-order valence-corrected chi connectivity index (χ2v) is 7.35. The molecule has 1 aliphatic rings. The van der Waals surface area contributed by atoms with Crippen molar-refractivity contribution in [1.82, 2.24) is 4.90 Å². The Morgan fingerprint density at radius 3 is 2.92 bits per heavy atom. The quantitative estimate of drug-likeness (QED) is 0.412. The van der Waals surface area contributed by atoms with Crippen molar-refractivity contribution in [2.45, 2.75) is 6.92 Å². The minimum absolute atomic E-state index is 0.123. The number of halogens is 1. The molecule has 0 aliphatic carbocycles. The summed E-state index contributed by atoms with van der Waals surface area (Å²) in [6.07, 6.45) is 3.37. The maximum Gasteiger partial charge on any atom is 0.266 e. The van der Waals surface area contributed by atoms with Gasteiger partial charge in [0.25, 0.3) is 5.91 Å². The molecule has 24 heavy (non-hydrogen) atoms. The summed E-state index contributed by atoms with van der Waals surface area (Å²) < 4.78 is 6.39. The number of nitrogens with zero attached hydrogens (tertiary/aromatic N) is 1. The molecule has 0 radical (unpaired) electrons. The van der Waals surface area contributed by atoms with Gasteiger partial charge in [-0.2, -0.15) is 0 Å². The zero-order chi connectivity index (χ0) is 17.3. The Morgan fingerprint density at radius 1 is 1.38 bits per heavy atom. The van der Waals surface area contributed by atoms with E-state index in [-0.39, 0.29) is 5.91 Å². The van der Waals surface area contributed by atoms with Gasteiger partial charge in [0.1, 0.15) is 15.8 Å². The maximum absolute atomic E-state index is 12.3. The molecule has 0 N–H and O–H groups in total. The van der Waals surface area contributed by atoms with E-state index in [2.05, 4.69) is 6.58 Å². The van der Waals surface area contributed by atoms with E-state index in [1.54, 1.807) is 12.2 Å². The second-order valence-electron chi connectivity index (χ2n) is 5.24. The lowest BCUT2D eigenvalue weighted by Gasteiger charge is -2.10. The van der Waals surface area contributed by atoms with E-state index >= 15 is 0 Å². The number of rotatable bonds is 4. The average Bonchev–Trinajstić information content (AvgIpc) is 3.11. The van der Waals surface area contributed by atoms with Gasteiger partial charge in [-0.25, -0.2) is 0 Å². The summed E-state index contributed by atoms with van der Waals surface area (Å²) in [6, 6.07) is 9.35. The smallest absolute Gasteiger partial charge is 0.266 e. The lowest BCUT2D eigenvalue weighted by atomic mass is 10.1. The Hall–Kier alpha value is -1.82. The van der Waals surface area contributed by atoms with Crippen LogP contribution in [0, 0.1) is 6.92 Å². The summed E-state index contributed by atoms with van der Waals surface area (Å²) in [5.74, 6) is 1.19. The second kappa shape index (κ2) is 6.97. The molecule has 3 rings (SSSR count). The van der Waals surface area contributed by atoms with Gasteiger partial charge in [0.2, 0.25) is 0 Å². The number of hydrogen-bond donors (Lipinski definition) is 0. The summed E-state index contributed by atoms with van der Waals surface area (Å²) in [6.45, 7) is 6.05. The molecule has 0 spiro atoms. The van der Waals surface area contributed by atoms with Crippen LogP contribution >= 0.6 is 35.6 Å². The lowest BCUT2D eigenvalue weighted by Crippen LogP contribution is -2.27. The van der Waals surface area contributed by atoms with E-state index < -0.39 is 0 Å². The van der Waals surface area contributed by atoms with Gasteiger partial charge >= 0.3 is 0 Å². The van der Waals surface area contributed by atoms with Gasteiger partial charge in [-0.05, 0) is 36.8 Å². The van der Waals surface area contributed by atoms with Crippen molar-refractivity contribution < 1.29 is 9.21 Å². The van der Waals surface area contributed by atoms with Crippen LogP contribution in [0.25, 0.3) is 17.4 Å². The molecule has 6 heteroatoms. The van der Waals surface area contributed by atoms with Gasteiger partial charge < -0.3 is 4.42 Å². The van der Waals surface area contributed by atoms with Crippen molar-refractivity contribution in [3.63, 3.8) is 0 Å². The Kier molecular flexibility index (Phi) is 4.94. The van der Waals surface area contributed by atoms with E-state index in [9.17, 15) is 4.79 Å². The molecule has 1 fully saturated rings. The normalized spacial score (nSPS) is 16.2. The molecule has 1 amide bonds. The van der Waals surface area contributed by atoms with Crippen LogP contribution < -0.4 is 0 Å². The summed E-state index contributed by atoms with van der Waals surface area (Å²) >= 11 is 12.6. The van der Waals surface area contributed by atoms with Gasteiger partial charge in [-0.1, -0.05) is 47.7 Å². The topological polar surface area (TPSA) is 33.5 Å². The highest BCUT2D eigenvalue weighted by Crippen LogP contribution is 2.34. The Bertz CT molecular complexity index is 870. The van der Waals surface area contributed by atoms with Gasteiger partial charge in [0.15, 0.2) is 0 Å². The van der Waals surface area contributed by atoms with Crippen LogP contribution in [0.4, 0.5) is 0 Å². The van der Waals surface area contributed by atoms with Crippen molar-refractivity contribution >= 4 is 51.9 Å². The van der Waals surface area contributed by atoms with Crippen LogP contribution in [-0.2, 0) is 4.79 Å². The first-order chi connectivity index (χ1) is 11.5. The number of hydrogen-bond acceptors (Lipinski definition) is 4. The van der Waals surface area contributed by atoms with Gasteiger partial charge in [0.05, 0.1) is 4.91 Å². The summed E-state index contributed by atoms with van der Waals surface area (Å²) in [5.41, 5.74) is 2.00. The van der Waals surface area contributed by atoms with E-state index in [0.717, 1.165) is 11.1 Å². The number of benzene rings is 1. The maximum atomic E-state index is 12.3. The van der Waals surface area contributed by atoms with Crippen molar-refractivity contribution in [3.05, 3.63) is 64.2 Å². The number of amides is 1. The van der Waals surface area contributed by atoms with Crippen LogP contribution in [0.1, 0.15) is 11.3 Å². The molecule has 3 nitrogen and oxygen atoms in total. The predicted molar refractivity (Wildman–Crippen MR) is 104 cm³/mol. The van der Waals surface area contributed by atoms with Crippen molar-refractivity contribution in [1.29, 1.82) is 0 Å². The molecule has 0 saturated carbocycles.